The Hall–Kier alpha value is -2.87. The molecule has 0 radical (unpaired) electrons. The minimum Gasteiger partial charge on any atom is -0.462 e. The van der Waals surface area contributed by atoms with Crippen molar-refractivity contribution in [2.24, 2.45) is 68.3 Å². The van der Waals surface area contributed by atoms with Crippen LogP contribution in [-0.4, -0.2) is 24.3 Å². The van der Waals surface area contributed by atoms with Crippen LogP contribution in [0.15, 0.2) is 36.4 Å². The molecule has 5 aliphatic rings. The quantitative estimate of drug-likeness (QED) is 0.144. The molecule has 10 atom stereocenters. The normalized spacial score (nSPS) is 39.7. The Labute approximate surface area is 289 Å². The van der Waals surface area contributed by atoms with Crippen molar-refractivity contribution in [3.63, 3.8) is 0 Å². The van der Waals surface area contributed by atoms with E-state index >= 15 is 0 Å². The number of carbonyl (C=O) groups excluding carboxylic acids is 3. The molecule has 5 saturated carbocycles. The van der Waals surface area contributed by atoms with E-state index in [0.717, 1.165) is 50.4 Å². The van der Waals surface area contributed by atoms with Gasteiger partial charge < -0.3 is 15.3 Å². The predicted molar refractivity (Wildman–Crippen MR) is 191 cm³/mol. The van der Waals surface area contributed by atoms with E-state index in [-0.39, 0.29) is 40.2 Å². The second-order valence-electron chi connectivity index (χ2n) is 18.5. The Bertz CT molecular complexity index is 1540. The first-order chi connectivity index (χ1) is 22.5. The summed E-state index contributed by atoms with van der Waals surface area (Å²) in [4.78, 5) is 36.7. The van der Waals surface area contributed by atoms with Gasteiger partial charge in [-0.25, -0.2) is 0 Å². The predicted octanol–water partition coefficient (Wildman–Crippen LogP) is 8.93. The van der Waals surface area contributed by atoms with Crippen molar-refractivity contribution in [3.05, 3.63) is 47.5 Å². The molecule has 6 rings (SSSR count). The van der Waals surface area contributed by atoms with Gasteiger partial charge in [0, 0.05) is 21.8 Å². The molecular formula is C43H59NO4. The number of hydrogen-bond acceptors (Lipinski definition) is 4. The highest BCUT2D eigenvalue weighted by Gasteiger charge is 2.67. The lowest BCUT2D eigenvalue weighted by Crippen LogP contribution is -2.63. The van der Waals surface area contributed by atoms with Gasteiger partial charge in [-0.3, -0.25) is 9.59 Å². The molecule has 0 saturated heterocycles. The molecule has 5 fully saturated rings. The minimum absolute atomic E-state index is 0.0534. The zero-order valence-electron chi connectivity index (χ0n) is 30.6. The number of aldehydes is 1. The second kappa shape index (κ2) is 12.2. The van der Waals surface area contributed by atoms with E-state index in [1.54, 1.807) is 19.9 Å². The third-order valence-corrected chi connectivity index (χ3v) is 15.0. The number of amides is 1. The average Bonchev–Trinajstić information content (AvgIpc) is 3.42. The number of ether oxygens (including phenoxy) is 1. The van der Waals surface area contributed by atoms with Crippen LogP contribution < -0.4 is 5.73 Å². The third-order valence-electron chi connectivity index (χ3n) is 15.0. The molecule has 260 valence electrons. The average molecular weight is 654 g/mol. The standard InChI is InChI=1S/C43H59NO4/c1-27(2)29-16-23-43(22-15-28-11-9-10-12-30(28)38(44)47)24-17-32-31(37(29)43)13-14-34-41(32,7)20-18-33-40(5,6)35(19-21-42(33,34)8)48-36(46)25-39(3,4)26-45/h9-12,26,29,31-35,37H,1,13-14,16-21,23-25H2,2-8H3,(H2,44,47)/t29?,31?,32?,33?,34?,35?,37?,41?,42?,43-/m0/s1. The SMILES string of the molecule is C=C(C)C1CC[C@@]2(C#Cc3ccccc3C(N)=O)CCC3C(CCC4C3(C)CCC3C(C)(C)C(OC(=O)CC(C)(C)C=O)CCC34C)C12. The summed E-state index contributed by atoms with van der Waals surface area (Å²) in [6.45, 7) is 20.3. The van der Waals surface area contributed by atoms with E-state index in [2.05, 4.69) is 53.0 Å². The van der Waals surface area contributed by atoms with Crippen LogP contribution in [0, 0.1) is 74.4 Å². The van der Waals surface area contributed by atoms with Crippen LogP contribution in [0.25, 0.3) is 0 Å². The molecule has 48 heavy (non-hydrogen) atoms. The van der Waals surface area contributed by atoms with E-state index in [9.17, 15) is 14.4 Å². The number of esters is 1. The molecule has 0 aromatic heterocycles. The van der Waals surface area contributed by atoms with Crippen LogP contribution in [0.5, 0.6) is 0 Å². The summed E-state index contributed by atoms with van der Waals surface area (Å²) < 4.78 is 6.21. The smallest absolute Gasteiger partial charge is 0.307 e. The zero-order chi connectivity index (χ0) is 34.9. The van der Waals surface area contributed by atoms with Gasteiger partial charge in [-0.05, 0) is 130 Å². The van der Waals surface area contributed by atoms with E-state index in [4.69, 9.17) is 10.5 Å². The van der Waals surface area contributed by atoms with Crippen LogP contribution >= 0.6 is 0 Å². The van der Waals surface area contributed by atoms with Crippen LogP contribution in [0.2, 0.25) is 0 Å². The fourth-order valence-corrected chi connectivity index (χ4v) is 12.8. The topological polar surface area (TPSA) is 86.5 Å². The fourth-order valence-electron chi connectivity index (χ4n) is 12.8. The molecule has 5 heteroatoms. The number of rotatable bonds is 6. The lowest BCUT2D eigenvalue weighted by atomic mass is 9.36. The number of hydrogen-bond donors (Lipinski definition) is 1. The Kier molecular flexibility index (Phi) is 8.87. The van der Waals surface area contributed by atoms with Gasteiger partial charge in [-0.15, -0.1) is 0 Å². The molecule has 2 N–H and O–H groups in total. The summed E-state index contributed by atoms with van der Waals surface area (Å²) in [6, 6.07) is 7.52. The number of carbonyl (C=O) groups is 3. The van der Waals surface area contributed by atoms with Crippen molar-refractivity contribution < 1.29 is 19.1 Å². The van der Waals surface area contributed by atoms with Crippen molar-refractivity contribution in [2.75, 3.05) is 0 Å². The first-order valence-corrected chi connectivity index (χ1v) is 18.7. The van der Waals surface area contributed by atoms with Crippen molar-refractivity contribution >= 4 is 18.2 Å². The zero-order valence-corrected chi connectivity index (χ0v) is 30.6. The van der Waals surface area contributed by atoms with E-state index < -0.39 is 11.3 Å². The van der Waals surface area contributed by atoms with Gasteiger partial charge in [0.05, 0.1) is 12.0 Å². The van der Waals surface area contributed by atoms with Crippen molar-refractivity contribution in [3.8, 4) is 11.8 Å². The summed E-state index contributed by atoms with van der Waals surface area (Å²) in [6.07, 6.45) is 12.3. The van der Waals surface area contributed by atoms with Gasteiger partial charge in [-0.2, -0.15) is 0 Å². The lowest BCUT2D eigenvalue weighted by molar-refractivity contribution is -0.221. The highest BCUT2D eigenvalue weighted by Crippen LogP contribution is 2.73. The lowest BCUT2D eigenvalue weighted by Gasteiger charge is -2.69. The highest BCUT2D eigenvalue weighted by molar-refractivity contribution is 5.95. The number of benzene rings is 1. The van der Waals surface area contributed by atoms with E-state index in [1.165, 1.54) is 31.3 Å². The van der Waals surface area contributed by atoms with Crippen molar-refractivity contribution in [1.82, 2.24) is 0 Å². The summed E-state index contributed by atoms with van der Waals surface area (Å²) in [5, 5.41) is 0. The van der Waals surface area contributed by atoms with Gasteiger partial charge in [0.1, 0.15) is 12.4 Å². The summed E-state index contributed by atoms with van der Waals surface area (Å²) >= 11 is 0. The van der Waals surface area contributed by atoms with Crippen LogP contribution in [0.3, 0.4) is 0 Å². The van der Waals surface area contributed by atoms with Crippen molar-refractivity contribution in [1.29, 1.82) is 0 Å². The van der Waals surface area contributed by atoms with Gasteiger partial charge in [0.2, 0.25) is 5.91 Å². The third kappa shape index (κ3) is 5.58. The summed E-state index contributed by atoms with van der Waals surface area (Å²) in [5.41, 5.74) is 7.88. The number of fused-ring (bicyclic) bond motifs is 7. The van der Waals surface area contributed by atoms with Gasteiger partial charge in [0.15, 0.2) is 0 Å². The molecule has 0 heterocycles. The number of allylic oxidation sites excluding steroid dienone is 1. The van der Waals surface area contributed by atoms with Gasteiger partial charge in [-0.1, -0.05) is 77.7 Å². The monoisotopic (exact) mass is 653 g/mol. The first-order valence-electron chi connectivity index (χ1n) is 18.7. The molecule has 0 bridgehead atoms. The molecular weight excluding hydrogens is 594 g/mol. The Balaban J connectivity index is 1.27. The van der Waals surface area contributed by atoms with Crippen LogP contribution in [0.1, 0.15) is 135 Å². The summed E-state index contributed by atoms with van der Waals surface area (Å²) in [7, 11) is 0. The maximum atomic E-state index is 13.0. The molecule has 0 aliphatic heterocycles. The highest BCUT2D eigenvalue weighted by atomic mass is 16.5. The Morgan fingerprint density at radius 2 is 1.65 bits per heavy atom. The van der Waals surface area contributed by atoms with E-state index in [0.29, 0.717) is 41.1 Å². The molecule has 0 spiro atoms. The Morgan fingerprint density at radius 3 is 2.33 bits per heavy atom. The second-order valence-corrected chi connectivity index (χ2v) is 18.5. The minimum atomic E-state index is -0.699. The fraction of sp³-hybridized carbons (Fsp3) is 0.698. The largest absolute Gasteiger partial charge is 0.462 e. The maximum Gasteiger partial charge on any atom is 0.307 e. The Morgan fingerprint density at radius 1 is 0.958 bits per heavy atom. The number of nitrogens with two attached hydrogens (primary N) is 1. The van der Waals surface area contributed by atoms with E-state index in [1.807, 2.05) is 18.2 Å². The molecule has 5 nitrogen and oxygen atoms in total. The molecule has 1 aromatic rings. The van der Waals surface area contributed by atoms with Gasteiger partial charge >= 0.3 is 5.97 Å². The number of primary amides is 1. The van der Waals surface area contributed by atoms with Gasteiger partial charge in [0.25, 0.3) is 0 Å². The molecule has 1 amide bonds. The molecule has 5 aliphatic carbocycles. The molecule has 1 aromatic carbocycles. The molecule has 9 unspecified atom stereocenters. The van der Waals surface area contributed by atoms with Crippen LogP contribution in [0.4, 0.5) is 0 Å². The maximum absolute atomic E-state index is 13.0. The summed E-state index contributed by atoms with van der Waals surface area (Å²) in [5.74, 6) is 10.1. The van der Waals surface area contributed by atoms with Crippen molar-refractivity contribution in [2.45, 2.75) is 125 Å². The first kappa shape index (κ1) is 35.0. The van der Waals surface area contributed by atoms with Crippen LogP contribution in [-0.2, 0) is 14.3 Å².